The minimum atomic E-state index is -0.0233. The fourth-order valence-corrected chi connectivity index (χ4v) is 4.42. The van der Waals surface area contributed by atoms with Crippen molar-refractivity contribution in [3.8, 4) is 10.6 Å². The average Bonchev–Trinajstić information content (AvgIpc) is 3.22. The molecule has 1 saturated heterocycles. The minimum Gasteiger partial charge on any atom is -0.357 e. The molecule has 3 heterocycles. The molecule has 1 aliphatic heterocycles. The van der Waals surface area contributed by atoms with Crippen LogP contribution < -0.4 is 10.2 Å². The molecular formula is C24H28N4OS. The molecule has 1 fully saturated rings. The number of amides is 1. The van der Waals surface area contributed by atoms with E-state index < -0.39 is 0 Å². The molecule has 0 saturated carbocycles. The zero-order valence-electron chi connectivity index (χ0n) is 17.6. The first kappa shape index (κ1) is 20.5. The molecule has 0 aliphatic carbocycles. The molecule has 6 heteroatoms. The van der Waals surface area contributed by atoms with Gasteiger partial charge in [-0.25, -0.2) is 9.97 Å². The first-order valence-electron chi connectivity index (χ1n) is 10.5. The largest absolute Gasteiger partial charge is 0.357 e. The highest BCUT2D eigenvalue weighted by atomic mass is 32.1. The average molecular weight is 421 g/mol. The summed E-state index contributed by atoms with van der Waals surface area (Å²) in [5.41, 5.74) is 4.13. The number of anilines is 1. The molecule has 0 atom stereocenters. The van der Waals surface area contributed by atoms with Crippen molar-refractivity contribution in [2.24, 2.45) is 5.92 Å². The van der Waals surface area contributed by atoms with E-state index in [2.05, 4.69) is 70.4 Å². The van der Waals surface area contributed by atoms with Gasteiger partial charge in [-0.1, -0.05) is 42.8 Å². The molecule has 0 spiro atoms. The van der Waals surface area contributed by atoms with Crippen molar-refractivity contribution < 1.29 is 4.79 Å². The molecule has 4 rings (SSSR count). The second-order valence-electron chi connectivity index (χ2n) is 8.16. The molecule has 30 heavy (non-hydrogen) atoms. The van der Waals surface area contributed by atoms with Crippen molar-refractivity contribution in [3.05, 3.63) is 64.8 Å². The van der Waals surface area contributed by atoms with E-state index in [0.717, 1.165) is 46.7 Å². The maximum Gasteiger partial charge on any atom is 0.226 e. The van der Waals surface area contributed by atoms with Gasteiger partial charge in [-0.15, -0.1) is 11.3 Å². The van der Waals surface area contributed by atoms with Gasteiger partial charge in [0.15, 0.2) is 0 Å². The van der Waals surface area contributed by atoms with Crippen molar-refractivity contribution in [2.45, 2.75) is 39.7 Å². The highest BCUT2D eigenvalue weighted by Gasteiger charge is 2.16. The number of hydrogen-bond acceptors (Lipinski definition) is 5. The van der Waals surface area contributed by atoms with Gasteiger partial charge in [-0.05, 0) is 37.3 Å². The molecule has 1 aromatic carbocycles. The van der Waals surface area contributed by atoms with Gasteiger partial charge in [0.05, 0.1) is 12.1 Å². The molecular weight excluding hydrogens is 392 g/mol. The van der Waals surface area contributed by atoms with E-state index in [1.54, 1.807) is 11.3 Å². The van der Waals surface area contributed by atoms with E-state index in [-0.39, 0.29) is 5.91 Å². The number of hydrogen-bond donors (Lipinski definition) is 1. The number of nitrogens with one attached hydrogen (secondary N) is 1. The second kappa shape index (κ2) is 9.39. The van der Waals surface area contributed by atoms with Crippen LogP contribution in [0.3, 0.4) is 0 Å². The Morgan fingerprint density at radius 3 is 2.63 bits per heavy atom. The third kappa shape index (κ3) is 5.25. The number of benzene rings is 1. The summed E-state index contributed by atoms with van der Waals surface area (Å²) >= 11 is 1.57. The number of carbonyl (C=O) groups is 1. The van der Waals surface area contributed by atoms with Crippen molar-refractivity contribution in [2.75, 3.05) is 18.0 Å². The Hall–Kier alpha value is -2.73. The number of aromatic nitrogens is 2. The van der Waals surface area contributed by atoms with E-state index >= 15 is 0 Å². The molecule has 5 nitrogen and oxygen atoms in total. The van der Waals surface area contributed by atoms with E-state index in [1.807, 2.05) is 11.6 Å². The number of pyridine rings is 1. The van der Waals surface area contributed by atoms with Crippen molar-refractivity contribution >= 4 is 23.1 Å². The summed E-state index contributed by atoms with van der Waals surface area (Å²) in [5.74, 6) is 1.81. The van der Waals surface area contributed by atoms with Gasteiger partial charge in [0.2, 0.25) is 5.91 Å². The highest BCUT2D eigenvalue weighted by Crippen LogP contribution is 2.24. The van der Waals surface area contributed by atoms with Gasteiger partial charge < -0.3 is 10.2 Å². The Morgan fingerprint density at radius 1 is 1.17 bits per heavy atom. The fraction of sp³-hybridized carbons (Fsp3) is 0.375. The molecule has 1 N–H and O–H groups in total. The van der Waals surface area contributed by atoms with Crippen LogP contribution in [0.1, 0.15) is 36.6 Å². The lowest BCUT2D eigenvalue weighted by Crippen LogP contribution is -2.33. The lowest BCUT2D eigenvalue weighted by molar-refractivity contribution is -0.120. The number of piperidine rings is 1. The molecule has 2 aromatic heterocycles. The summed E-state index contributed by atoms with van der Waals surface area (Å²) in [6.45, 7) is 7.01. The molecule has 0 unspecified atom stereocenters. The van der Waals surface area contributed by atoms with Crippen LogP contribution in [0, 0.1) is 12.8 Å². The minimum absolute atomic E-state index is 0.0233. The molecule has 3 aromatic rings. The van der Waals surface area contributed by atoms with E-state index in [9.17, 15) is 4.79 Å². The first-order valence-corrected chi connectivity index (χ1v) is 11.4. The third-order valence-corrected chi connectivity index (χ3v) is 6.54. The molecule has 156 valence electrons. The normalized spacial score (nSPS) is 14.7. The predicted molar refractivity (Wildman–Crippen MR) is 123 cm³/mol. The number of aryl methyl sites for hydroxylation is 1. The SMILES string of the molecule is Cc1ccc(-c2nc(CC(=O)NCc3ccc(N4CCC(C)CC4)nc3)cs2)cc1. The summed E-state index contributed by atoms with van der Waals surface area (Å²) < 4.78 is 0. The molecule has 1 aliphatic rings. The zero-order valence-corrected chi connectivity index (χ0v) is 18.4. The van der Waals surface area contributed by atoms with E-state index in [1.165, 1.54) is 18.4 Å². The van der Waals surface area contributed by atoms with Crippen LogP contribution in [0.2, 0.25) is 0 Å². The summed E-state index contributed by atoms with van der Waals surface area (Å²) in [7, 11) is 0. The summed E-state index contributed by atoms with van der Waals surface area (Å²) in [5, 5.41) is 5.89. The van der Waals surface area contributed by atoms with Gasteiger partial charge in [0.1, 0.15) is 10.8 Å². The summed E-state index contributed by atoms with van der Waals surface area (Å²) in [6, 6.07) is 12.4. The monoisotopic (exact) mass is 420 g/mol. The van der Waals surface area contributed by atoms with Crippen LogP contribution in [0.5, 0.6) is 0 Å². The smallest absolute Gasteiger partial charge is 0.226 e. The van der Waals surface area contributed by atoms with Gasteiger partial charge >= 0.3 is 0 Å². The maximum absolute atomic E-state index is 12.3. The van der Waals surface area contributed by atoms with Gasteiger partial charge in [0, 0.05) is 36.8 Å². The fourth-order valence-electron chi connectivity index (χ4n) is 3.59. The maximum atomic E-state index is 12.3. The Bertz CT molecular complexity index is 973. The summed E-state index contributed by atoms with van der Waals surface area (Å²) in [6.07, 6.45) is 4.61. The van der Waals surface area contributed by atoms with Crippen LogP contribution >= 0.6 is 11.3 Å². The van der Waals surface area contributed by atoms with Gasteiger partial charge in [-0.2, -0.15) is 0 Å². The number of thiazole rings is 1. The van der Waals surface area contributed by atoms with E-state index in [0.29, 0.717) is 13.0 Å². The standard InChI is InChI=1S/C24H28N4OS/c1-17-3-6-20(7-4-17)24-27-21(16-30-24)13-23(29)26-15-19-5-8-22(25-14-19)28-11-9-18(2)10-12-28/h3-8,14,16,18H,9-13,15H2,1-2H3,(H,26,29). The van der Waals surface area contributed by atoms with Crippen molar-refractivity contribution in [1.82, 2.24) is 15.3 Å². The first-order chi connectivity index (χ1) is 14.6. The molecule has 0 radical (unpaired) electrons. The van der Waals surface area contributed by atoms with Gasteiger partial charge in [0.25, 0.3) is 0 Å². The van der Waals surface area contributed by atoms with E-state index in [4.69, 9.17) is 0 Å². The Kier molecular flexibility index (Phi) is 6.43. The predicted octanol–water partition coefficient (Wildman–Crippen LogP) is 4.61. The van der Waals surface area contributed by atoms with Gasteiger partial charge in [-0.3, -0.25) is 4.79 Å². The zero-order chi connectivity index (χ0) is 20.9. The topological polar surface area (TPSA) is 58.1 Å². The number of nitrogens with zero attached hydrogens (tertiary/aromatic N) is 3. The number of rotatable bonds is 6. The summed E-state index contributed by atoms with van der Waals surface area (Å²) in [4.78, 5) is 23.9. The molecule has 0 bridgehead atoms. The highest BCUT2D eigenvalue weighted by molar-refractivity contribution is 7.13. The Labute approximate surface area is 182 Å². The molecule has 1 amide bonds. The van der Waals surface area contributed by atoms with Crippen molar-refractivity contribution in [3.63, 3.8) is 0 Å². The van der Waals surface area contributed by atoms with Crippen LogP contribution in [0.25, 0.3) is 10.6 Å². The van der Waals surface area contributed by atoms with Crippen LogP contribution in [0.4, 0.5) is 5.82 Å². The third-order valence-electron chi connectivity index (χ3n) is 5.60. The Balaban J connectivity index is 1.27. The van der Waals surface area contributed by atoms with Crippen LogP contribution in [-0.4, -0.2) is 29.0 Å². The quantitative estimate of drug-likeness (QED) is 0.633. The lowest BCUT2D eigenvalue weighted by Gasteiger charge is -2.31. The Morgan fingerprint density at radius 2 is 1.93 bits per heavy atom. The second-order valence-corrected chi connectivity index (χ2v) is 9.02. The lowest BCUT2D eigenvalue weighted by atomic mass is 9.99. The van der Waals surface area contributed by atoms with Crippen LogP contribution in [-0.2, 0) is 17.8 Å². The number of carbonyl (C=O) groups excluding carboxylic acids is 1. The van der Waals surface area contributed by atoms with Crippen LogP contribution in [0.15, 0.2) is 48.0 Å². The van der Waals surface area contributed by atoms with Crippen molar-refractivity contribution in [1.29, 1.82) is 0 Å².